The summed E-state index contributed by atoms with van der Waals surface area (Å²) in [5.74, 6) is -0.179. The van der Waals surface area contributed by atoms with Crippen LogP contribution in [0, 0.1) is 0 Å². The second-order valence-corrected chi connectivity index (χ2v) is 9.36. The van der Waals surface area contributed by atoms with Gasteiger partial charge in [0.15, 0.2) is 0 Å². The summed E-state index contributed by atoms with van der Waals surface area (Å²) in [7, 11) is 1.99. The third-order valence-electron chi connectivity index (χ3n) is 5.83. The van der Waals surface area contributed by atoms with Crippen molar-refractivity contribution in [3.63, 3.8) is 0 Å². The van der Waals surface area contributed by atoms with E-state index >= 15 is 0 Å². The fourth-order valence-electron chi connectivity index (χ4n) is 4.35. The molecule has 1 fully saturated rings. The van der Waals surface area contributed by atoms with Gasteiger partial charge in [-0.2, -0.15) is 0 Å². The molecule has 0 spiro atoms. The Morgan fingerprint density at radius 1 is 1.26 bits per heavy atom. The highest BCUT2D eigenvalue weighted by molar-refractivity contribution is 5.88. The monoisotopic (exact) mass is 428 g/mol. The molecule has 7 nitrogen and oxygen atoms in total. The third-order valence-corrected chi connectivity index (χ3v) is 5.83. The molecular formula is C24H36N4O3. The average Bonchev–Trinajstić information content (AvgIpc) is 3.28. The van der Waals surface area contributed by atoms with Crippen molar-refractivity contribution in [2.45, 2.75) is 64.6 Å². The van der Waals surface area contributed by atoms with Gasteiger partial charge in [0.05, 0.1) is 0 Å². The molecule has 1 saturated heterocycles. The maximum atomic E-state index is 13.1. The van der Waals surface area contributed by atoms with Gasteiger partial charge in [0.25, 0.3) is 0 Å². The summed E-state index contributed by atoms with van der Waals surface area (Å²) in [4.78, 5) is 28.0. The molecule has 7 heteroatoms. The smallest absolute Gasteiger partial charge is 0.408 e. The van der Waals surface area contributed by atoms with Gasteiger partial charge in [0, 0.05) is 43.2 Å². The SMILES string of the molecule is CCN1CCC[C@@H]1CNC(=O)[C@@H](Cc1cn(C)c2ccccc12)NC(=O)OC(C)(C)C. The lowest BCUT2D eigenvalue weighted by atomic mass is 10.0. The van der Waals surface area contributed by atoms with E-state index in [2.05, 4.69) is 28.5 Å². The maximum absolute atomic E-state index is 13.1. The van der Waals surface area contributed by atoms with Gasteiger partial charge in [-0.15, -0.1) is 0 Å². The number of carbonyl (C=O) groups excluding carboxylic acids is 2. The number of nitrogens with zero attached hydrogens (tertiary/aromatic N) is 2. The van der Waals surface area contributed by atoms with Gasteiger partial charge in [0.1, 0.15) is 11.6 Å². The van der Waals surface area contributed by atoms with Crippen LogP contribution in [-0.2, 0) is 23.0 Å². The van der Waals surface area contributed by atoms with Crippen LogP contribution in [0.1, 0.15) is 46.1 Å². The number of carbonyl (C=O) groups is 2. The molecule has 170 valence electrons. The van der Waals surface area contributed by atoms with Crippen LogP contribution in [0.25, 0.3) is 10.9 Å². The van der Waals surface area contributed by atoms with Crippen LogP contribution in [0.4, 0.5) is 4.79 Å². The topological polar surface area (TPSA) is 75.6 Å². The van der Waals surface area contributed by atoms with Gasteiger partial charge in [-0.05, 0) is 58.3 Å². The third kappa shape index (κ3) is 6.00. The van der Waals surface area contributed by atoms with Crippen LogP contribution in [-0.4, -0.2) is 58.8 Å². The van der Waals surface area contributed by atoms with Crippen LogP contribution in [0.2, 0.25) is 0 Å². The number of para-hydroxylation sites is 1. The molecule has 0 aliphatic carbocycles. The Balaban J connectivity index is 1.75. The number of aryl methyl sites for hydroxylation is 1. The largest absolute Gasteiger partial charge is 0.444 e. The number of amides is 2. The summed E-state index contributed by atoms with van der Waals surface area (Å²) in [5, 5.41) is 6.96. The Kier molecular flexibility index (Phi) is 7.26. The van der Waals surface area contributed by atoms with Crippen LogP contribution in [0.5, 0.6) is 0 Å². The Labute approximate surface area is 185 Å². The fraction of sp³-hybridized carbons (Fsp3) is 0.583. The van der Waals surface area contributed by atoms with Crippen molar-refractivity contribution in [2.24, 2.45) is 7.05 Å². The van der Waals surface area contributed by atoms with E-state index in [1.54, 1.807) is 0 Å². The number of rotatable bonds is 7. The summed E-state index contributed by atoms with van der Waals surface area (Å²) in [6, 6.07) is 7.72. The second kappa shape index (κ2) is 9.73. The van der Waals surface area contributed by atoms with E-state index < -0.39 is 17.7 Å². The quantitative estimate of drug-likeness (QED) is 0.710. The van der Waals surface area contributed by atoms with Crippen molar-refractivity contribution in [1.82, 2.24) is 20.1 Å². The minimum Gasteiger partial charge on any atom is -0.444 e. The van der Waals surface area contributed by atoms with Crippen LogP contribution in [0.3, 0.4) is 0 Å². The summed E-state index contributed by atoms with van der Waals surface area (Å²) in [6.07, 6.45) is 4.08. The molecule has 31 heavy (non-hydrogen) atoms. The zero-order valence-corrected chi connectivity index (χ0v) is 19.4. The lowest BCUT2D eigenvalue weighted by Gasteiger charge is -2.26. The van der Waals surface area contributed by atoms with Gasteiger partial charge < -0.3 is 19.9 Å². The maximum Gasteiger partial charge on any atom is 0.408 e. The molecule has 1 aliphatic rings. The molecule has 0 bridgehead atoms. The average molecular weight is 429 g/mol. The molecule has 2 aromatic rings. The standard InChI is InChI=1S/C24H36N4O3/c1-6-28-13-9-10-18(28)15-25-22(29)20(26-23(30)31-24(2,3)4)14-17-16-27(5)21-12-8-7-11-19(17)21/h7-8,11-12,16,18,20H,6,9-10,13-15H2,1-5H3,(H,25,29)(H,26,30)/t18-,20-/m1/s1. The molecular weight excluding hydrogens is 392 g/mol. The summed E-state index contributed by atoms with van der Waals surface area (Å²) in [6.45, 7) is 10.2. The van der Waals surface area contributed by atoms with E-state index in [9.17, 15) is 9.59 Å². The van der Waals surface area contributed by atoms with Crippen molar-refractivity contribution in [2.75, 3.05) is 19.6 Å². The number of hydrogen-bond donors (Lipinski definition) is 2. The minimum absolute atomic E-state index is 0.179. The molecule has 2 N–H and O–H groups in total. The highest BCUT2D eigenvalue weighted by Gasteiger charge is 2.28. The highest BCUT2D eigenvalue weighted by Crippen LogP contribution is 2.22. The Bertz CT molecular complexity index is 915. The Morgan fingerprint density at radius 2 is 2.00 bits per heavy atom. The lowest BCUT2D eigenvalue weighted by molar-refractivity contribution is -0.123. The summed E-state index contributed by atoms with van der Waals surface area (Å²) < 4.78 is 7.46. The second-order valence-electron chi connectivity index (χ2n) is 9.36. The first-order chi connectivity index (χ1) is 14.7. The van der Waals surface area contributed by atoms with E-state index in [-0.39, 0.29) is 5.91 Å². The number of hydrogen-bond acceptors (Lipinski definition) is 4. The van der Waals surface area contributed by atoms with Crippen LogP contribution >= 0.6 is 0 Å². The van der Waals surface area contributed by atoms with Gasteiger partial charge in [0.2, 0.25) is 5.91 Å². The number of alkyl carbamates (subject to hydrolysis) is 1. The van der Waals surface area contributed by atoms with Crippen molar-refractivity contribution in [3.8, 4) is 0 Å². The first-order valence-electron chi connectivity index (χ1n) is 11.2. The Morgan fingerprint density at radius 3 is 2.71 bits per heavy atom. The molecule has 0 saturated carbocycles. The van der Waals surface area contributed by atoms with Crippen molar-refractivity contribution in [1.29, 1.82) is 0 Å². The van der Waals surface area contributed by atoms with Crippen molar-refractivity contribution < 1.29 is 14.3 Å². The first-order valence-corrected chi connectivity index (χ1v) is 11.2. The zero-order valence-electron chi connectivity index (χ0n) is 19.4. The molecule has 2 amide bonds. The first kappa shape index (κ1) is 23.1. The van der Waals surface area contributed by atoms with Gasteiger partial charge in [-0.1, -0.05) is 25.1 Å². The highest BCUT2D eigenvalue weighted by atomic mass is 16.6. The molecule has 2 heterocycles. The van der Waals surface area contributed by atoms with E-state index in [1.165, 1.54) is 0 Å². The van der Waals surface area contributed by atoms with Gasteiger partial charge >= 0.3 is 6.09 Å². The van der Waals surface area contributed by atoms with E-state index in [4.69, 9.17) is 4.74 Å². The van der Waals surface area contributed by atoms with Gasteiger partial charge in [-0.25, -0.2) is 4.79 Å². The van der Waals surface area contributed by atoms with Gasteiger partial charge in [-0.3, -0.25) is 9.69 Å². The number of ether oxygens (including phenoxy) is 1. The predicted octanol–water partition coefficient (Wildman–Crippen LogP) is 3.21. The summed E-state index contributed by atoms with van der Waals surface area (Å²) in [5.41, 5.74) is 1.49. The molecule has 0 unspecified atom stereocenters. The molecule has 3 rings (SSSR count). The van der Waals surface area contributed by atoms with Crippen LogP contribution < -0.4 is 10.6 Å². The normalized spacial score (nSPS) is 18.2. The number of benzene rings is 1. The number of nitrogens with one attached hydrogen (secondary N) is 2. The number of likely N-dealkylation sites (N-methyl/N-ethyl adjacent to an activating group) is 1. The van der Waals surface area contributed by atoms with Crippen molar-refractivity contribution >= 4 is 22.9 Å². The fourth-order valence-corrected chi connectivity index (χ4v) is 4.35. The molecule has 1 aliphatic heterocycles. The number of aromatic nitrogens is 1. The van der Waals surface area contributed by atoms with E-state index in [1.807, 2.05) is 56.8 Å². The number of fused-ring (bicyclic) bond motifs is 1. The van der Waals surface area contributed by atoms with E-state index in [0.29, 0.717) is 19.0 Å². The predicted molar refractivity (Wildman–Crippen MR) is 123 cm³/mol. The lowest BCUT2D eigenvalue weighted by Crippen LogP contribution is -2.51. The summed E-state index contributed by atoms with van der Waals surface area (Å²) >= 11 is 0. The Hall–Kier alpha value is -2.54. The molecule has 1 aromatic heterocycles. The molecule has 1 aromatic carbocycles. The van der Waals surface area contributed by atoms with Crippen molar-refractivity contribution in [3.05, 3.63) is 36.0 Å². The zero-order chi connectivity index (χ0) is 22.6. The van der Waals surface area contributed by atoms with E-state index in [0.717, 1.165) is 42.4 Å². The molecule has 0 radical (unpaired) electrons. The number of likely N-dealkylation sites (tertiary alicyclic amines) is 1. The molecule has 2 atom stereocenters. The minimum atomic E-state index is -0.711. The van der Waals surface area contributed by atoms with Crippen LogP contribution in [0.15, 0.2) is 30.5 Å².